The van der Waals surface area contributed by atoms with Gasteiger partial charge in [0.15, 0.2) is 0 Å². The molecule has 108 valence electrons. The van der Waals surface area contributed by atoms with Crippen LogP contribution in [0.15, 0.2) is 12.1 Å². The Kier molecular flexibility index (Phi) is 4.48. The second kappa shape index (κ2) is 6.32. The van der Waals surface area contributed by atoms with Gasteiger partial charge in [0.1, 0.15) is 0 Å². The predicted molar refractivity (Wildman–Crippen MR) is 79.6 cm³/mol. The van der Waals surface area contributed by atoms with E-state index in [1.54, 1.807) is 0 Å². The number of halogens is 1. The van der Waals surface area contributed by atoms with Crippen LogP contribution in [0.2, 0.25) is 5.02 Å². The third kappa shape index (κ3) is 3.10. The Balaban J connectivity index is 1.58. The first-order chi connectivity index (χ1) is 9.74. The molecule has 0 unspecified atom stereocenters. The van der Waals surface area contributed by atoms with Gasteiger partial charge in [0, 0.05) is 26.2 Å². The first-order valence-electron chi connectivity index (χ1n) is 6.90. The first-order valence-corrected chi connectivity index (χ1v) is 7.28. The lowest BCUT2D eigenvalue weighted by Crippen LogP contribution is -2.39. The van der Waals surface area contributed by atoms with E-state index in [0.717, 1.165) is 56.1 Å². The topological polar surface area (TPSA) is 54.0 Å². The largest absolute Gasteiger partial charge is 0.491 e. The van der Waals surface area contributed by atoms with Gasteiger partial charge in [-0.05, 0) is 23.2 Å². The van der Waals surface area contributed by atoms with Crippen molar-refractivity contribution in [2.24, 2.45) is 0 Å². The van der Waals surface area contributed by atoms with Crippen molar-refractivity contribution in [3.05, 3.63) is 22.7 Å². The van der Waals surface area contributed by atoms with Crippen molar-refractivity contribution in [1.29, 1.82) is 0 Å². The number of morpholine rings is 1. The molecule has 0 radical (unpaired) electrons. The van der Waals surface area contributed by atoms with Crippen LogP contribution < -0.4 is 10.8 Å². The Morgan fingerprint density at radius 1 is 1.35 bits per heavy atom. The molecule has 0 amide bonds. The van der Waals surface area contributed by atoms with E-state index < -0.39 is 7.12 Å². The number of benzene rings is 1. The molecular formula is C13H18BClN2O3. The summed E-state index contributed by atoms with van der Waals surface area (Å²) in [6.07, 6.45) is 0. The zero-order valence-corrected chi connectivity index (χ0v) is 12.0. The first kappa shape index (κ1) is 14.2. The van der Waals surface area contributed by atoms with Crippen LogP contribution in [-0.4, -0.2) is 56.4 Å². The summed E-state index contributed by atoms with van der Waals surface area (Å²) in [7, 11) is -0.831. The highest BCUT2D eigenvalue weighted by Crippen LogP contribution is 2.24. The molecule has 0 bridgehead atoms. The smallest absolute Gasteiger partial charge is 0.423 e. The van der Waals surface area contributed by atoms with E-state index in [4.69, 9.17) is 21.0 Å². The second-order valence-corrected chi connectivity index (χ2v) is 5.48. The number of rotatable bonds is 4. The number of hydrogen-bond acceptors (Lipinski definition) is 5. The molecule has 0 spiro atoms. The minimum Gasteiger partial charge on any atom is -0.423 e. The summed E-state index contributed by atoms with van der Waals surface area (Å²) in [5, 5.41) is 13.7. The van der Waals surface area contributed by atoms with Gasteiger partial charge in [0.25, 0.3) is 0 Å². The van der Waals surface area contributed by atoms with Crippen molar-refractivity contribution in [2.45, 2.75) is 6.61 Å². The molecule has 1 aromatic carbocycles. The molecule has 3 rings (SSSR count). The van der Waals surface area contributed by atoms with E-state index >= 15 is 0 Å². The molecule has 0 aliphatic carbocycles. The van der Waals surface area contributed by atoms with Gasteiger partial charge in [-0.15, -0.1) is 0 Å². The average molecular weight is 297 g/mol. The summed E-state index contributed by atoms with van der Waals surface area (Å²) >= 11 is 6.24. The number of nitrogens with one attached hydrogen (secondary N) is 1. The quantitative estimate of drug-likeness (QED) is 0.783. The Morgan fingerprint density at radius 3 is 2.95 bits per heavy atom. The van der Waals surface area contributed by atoms with E-state index in [1.807, 2.05) is 12.1 Å². The van der Waals surface area contributed by atoms with Crippen LogP contribution in [0, 0.1) is 0 Å². The summed E-state index contributed by atoms with van der Waals surface area (Å²) in [5.41, 5.74) is 2.62. The molecule has 1 aromatic rings. The predicted octanol–water partition coefficient (Wildman–Crippen LogP) is 0.302. The number of nitrogens with zero attached hydrogens (tertiary/aromatic N) is 1. The van der Waals surface area contributed by atoms with Crippen molar-refractivity contribution >= 4 is 29.9 Å². The van der Waals surface area contributed by atoms with Gasteiger partial charge in [-0.25, -0.2) is 0 Å². The Labute approximate surface area is 124 Å². The fraction of sp³-hybridized carbons (Fsp3) is 0.538. The monoisotopic (exact) mass is 296 g/mol. The SMILES string of the molecule is OB1OCc2cc(Cl)c(NCCN3CCOCC3)cc21. The summed E-state index contributed by atoms with van der Waals surface area (Å²) < 4.78 is 10.5. The van der Waals surface area contributed by atoms with Crippen LogP contribution in [0.4, 0.5) is 5.69 Å². The Morgan fingerprint density at radius 2 is 2.15 bits per heavy atom. The van der Waals surface area contributed by atoms with Gasteiger partial charge < -0.3 is 19.7 Å². The van der Waals surface area contributed by atoms with Crippen LogP contribution in [0.3, 0.4) is 0 Å². The maximum absolute atomic E-state index is 9.71. The van der Waals surface area contributed by atoms with E-state index in [1.165, 1.54) is 0 Å². The summed E-state index contributed by atoms with van der Waals surface area (Å²) in [4.78, 5) is 2.36. The Bertz CT molecular complexity index is 483. The van der Waals surface area contributed by atoms with Gasteiger partial charge in [-0.2, -0.15) is 0 Å². The van der Waals surface area contributed by atoms with Gasteiger partial charge in [-0.3, -0.25) is 4.90 Å². The third-order valence-corrected chi connectivity index (χ3v) is 4.05. The third-order valence-electron chi connectivity index (χ3n) is 3.74. The van der Waals surface area contributed by atoms with E-state index in [9.17, 15) is 5.02 Å². The maximum Gasteiger partial charge on any atom is 0.491 e. The van der Waals surface area contributed by atoms with Crippen LogP contribution in [0.1, 0.15) is 5.56 Å². The molecular weight excluding hydrogens is 278 g/mol. The maximum atomic E-state index is 9.71. The van der Waals surface area contributed by atoms with Gasteiger partial charge in [0.05, 0.1) is 30.5 Å². The van der Waals surface area contributed by atoms with E-state index in [0.29, 0.717) is 11.6 Å². The molecule has 20 heavy (non-hydrogen) atoms. The zero-order chi connectivity index (χ0) is 13.9. The molecule has 2 N–H and O–H groups in total. The zero-order valence-electron chi connectivity index (χ0n) is 11.3. The fourth-order valence-corrected chi connectivity index (χ4v) is 2.81. The number of ether oxygens (including phenoxy) is 1. The lowest BCUT2D eigenvalue weighted by atomic mass is 9.79. The summed E-state index contributed by atoms with van der Waals surface area (Å²) in [5.74, 6) is 0. The molecule has 2 heterocycles. The number of anilines is 1. The van der Waals surface area contributed by atoms with Crippen LogP contribution in [-0.2, 0) is 16.0 Å². The highest BCUT2D eigenvalue weighted by atomic mass is 35.5. The molecule has 5 nitrogen and oxygen atoms in total. The highest BCUT2D eigenvalue weighted by molar-refractivity contribution is 6.61. The molecule has 7 heteroatoms. The van der Waals surface area contributed by atoms with E-state index in [-0.39, 0.29) is 0 Å². The van der Waals surface area contributed by atoms with Crippen molar-refractivity contribution in [3.63, 3.8) is 0 Å². The lowest BCUT2D eigenvalue weighted by Gasteiger charge is -2.26. The summed E-state index contributed by atoms with van der Waals surface area (Å²) in [6.45, 7) is 5.76. The van der Waals surface area contributed by atoms with Crippen LogP contribution >= 0.6 is 11.6 Å². The molecule has 2 aliphatic heterocycles. The highest BCUT2D eigenvalue weighted by Gasteiger charge is 2.28. The summed E-state index contributed by atoms with van der Waals surface area (Å²) in [6, 6.07) is 3.75. The van der Waals surface area contributed by atoms with Gasteiger partial charge >= 0.3 is 7.12 Å². The number of hydrogen-bond donors (Lipinski definition) is 2. The minimum absolute atomic E-state index is 0.421. The molecule has 1 fully saturated rings. The van der Waals surface area contributed by atoms with Crippen molar-refractivity contribution in [2.75, 3.05) is 44.7 Å². The lowest BCUT2D eigenvalue weighted by molar-refractivity contribution is 0.0398. The van der Waals surface area contributed by atoms with E-state index in [2.05, 4.69) is 10.2 Å². The van der Waals surface area contributed by atoms with Crippen LogP contribution in [0.5, 0.6) is 0 Å². The normalized spacial score (nSPS) is 19.2. The minimum atomic E-state index is -0.831. The van der Waals surface area contributed by atoms with Crippen molar-refractivity contribution in [1.82, 2.24) is 4.90 Å². The molecule has 0 aromatic heterocycles. The Hall–Kier alpha value is -0.785. The van der Waals surface area contributed by atoms with Gasteiger partial charge in [0.2, 0.25) is 0 Å². The van der Waals surface area contributed by atoms with Crippen molar-refractivity contribution < 1.29 is 14.4 Å². The molecule has 2 aliphatic rings. The van der Waals surface area contributed by atoms with Gasteiger partial charge in [-0.1, -0.05) is 11.6 Å². The van der Waals surface area contributed by atoms with Crippen molar-refractivity contribution in [3.8, 4) is 0 Å². The number of fused-ring (bicyclic) bond motifs is 1. The standard InChI is InChI=1S/C13H18BClN2O3/c15-12-7-10-9-20-14(18)11(10)8-13(12)16-1-2-17-3-5-19-6-4-17/h7-8,16,18H,1-6,9H2. The fourth-order valence-electron chi connectivity index (χ4n) is 2.55. The average Bonchev–Trinajstić information content (AvgIpc) is 2.81. The molecule has 1 saturated heterocycles. The molecule has 0 atom stereocenters. The molecule has 0 saturated carbocycles. The second-order valence-electron chi connectivity index (χ2n) is 5.08. The van der Waals surface area contributed by atoms with Crippen LogP contribution in [0.25, 0.3) is 0 Å².